The van der Waals surface area contributed by atoms with Gasteiger partial charge in [0.05, 0.1) is 6.66 Å². The number of carbonyl (C=O) groups excluding carboxylic acids is 1. The molecule has 0 amide bonds. The van der Waals surface area contributed by atoms with E-state index in [9.17, 15) is 4.79 Å². The number of ketones is 1. The van der Waals surface area contributed by atoms with Gasteiger partial charge in [0.1, 0.15) is 29.0 Å². The lowest BCUT2D eigenvalue weighted by atomic mass is 10.1. The third kappa shape index (κ3) is 18.4. The second kappa shape index (κ2) is 26.4. The fourth-order valence-electron chi connectivity index (χ4n) is 4.99. The van der Waals surface area contributed by atoms with Crippen molar-refractivity contribution < 1.29 is 21.8 Å². The minimum atomic E-state index is -1.53. The molecule has 0 spiro atoms. The summed E-state index contributed by atoms with van der Waals surface area (Å²) in [4.78, 5) is 10.5. The lowest BCUT2D eigenvalue weighted by molar-refractivity contribution is -0.117. The average molecular weight is 668 g/mol. The molecular formula is C40H60BrOP. The number of Topliss-reactive ketones (excluding diaryl/α,β-unsaturated/α-hetero) is 1. The summed E-state index contributed by atoms with van der Waals surface area (Å²) >= 11 is 0. The highest BCUT2D eigenvalue weighted by atomic mass is 79.9. The molecule has 0 aliphatic carbocycles. The second-order valence-electron chi connectivity index (χ2n) is 11.7. The Morgan fingerprint density at radius 1 is 0.535 bits per heavy atom. The predicted molar refractivity (Wildman–Crippen MR) is 193 cm³/mol. The van der Waals surface area contributed by atoms with Gasteiger partial charge in [-0.25, -0.2) is 0 Å². The highest BCUT2D eigenvalue weighted by Gasteiger charge is 2.39. The van der Waals surface area contributed by atoms with E-state index in [0.717, 1.165) is 12.8 Å². The highest BCUT2D eigenvalue weighted by molar-refractivity contribution is 7.95. The molecule has 3 rings (SSSR count). The number of hydrogen-bond acceptors (Lipinski definition) is 1. The molecule has 0 aromatic heterocycles. The number of benzene rings is 3. The van der Waals surface area contributed by atoms with Crippen molar-refractivity contribution in [2.75, 3.05) is 6.66 Å². The van der Waals surface area contributed by atoms with Crippen molar-refractivity contribution in [2.24, 2.45) is 0 Å². The van der Waals surface area contributed by atoms with Gasteiger partial charge in [-0.2, -0.15) is 0 Å². The Kier molecular flexibility index (Phi) is 25.1. The molecule has 43 heavy (non-hydrogen) atoms. The van der Waals surface area contributed by atoms with E-state index in [4.69, 9.17) is 0 Å². The first-order valence-electron chi connectivity index (χ1n) is 16.5. The van der Waals surface area contributed by atoms with Gasteiger partial charge in [-0.05, 0) is 69.5 Å². The Bertz CT molecular complexity index is 943. The molecule has 0 heterocycles. The Morgan fingerprint density at radius 2 is 0.837 bits per heavy atom. The first kappa shape index (κ1) is 41.0. The van der Waals surface area contributed by atoms with Gasteiger partial charge in [0, 0.05) is 6.42 Å². The maximum Gasteiger partial charge on any atom is 0.129 e. The summed E-state index contributed by atoms with van der Waals surface area (Å²) in [5, 5.41) is 4.28. The van der Waals surface area contributed by atoms with Crippen LogP contribution in [-0.4, -0.2) is 12.4 Å². The Morgan fingerprint density at radius 3 is 1.14 bits per heavy atom. The van der Waals surface area contributed by atoms with Crippen LogP contribution in [0.4, 0.5) is 0 Å². The predicted octanol–water partition coefficient (Wildman–Crippen LogP) is 8.25. The van der Waals surface area contributed by atoms with Gasteiger partial charge in [-0.1, -0.05) is 138 Å². The number of halogens is 1. The highest BCUT2D eigenvalue weighted by Crippen LogP contribution is 2.51. The summed E-state index contributed by atoms with van der Waals surface area (Å²) in [5.74, 6) is 0.334. The summed E-state index contributed by atoms with van der Waals surface area (Å²) < 4.78 is 0. The van der Waals surface area contributed by atoms with Crippen LogP contribution in [0.3, 0.4) is 0 Å². The fraction of sp³-hybridized carbons (Fsp3) is 0.475. The zero-order valence-corrected chi connectivity index (χ0v) is 30.5. The quantitative estimate of drug-likeness (QED) is 0.0805. The molecule has 0 atom stereocenters. The van der Waals surface area contributed by atoms with E-state index in [0.29, 0.717) is 5.78 Å². The van der Waals surface area contributed by atoms with Crippen LogP contribution in [-0.2, 0) is 4.79 Å². The molecule has 0 fully saturated rings. The summed E-state index contributed by atoms with van der Waals surface area (Å²) in [6.07, 6.45) is 18.0. The number of carbonyl (C=O) groups is 1. The van der Waals surface area contributed by atoms with E-state index in [1.807, 2.05) is 0 Å². The van der Waals surface area contributed by atoms with Gasteiger partial charge < -0.3 is 21.8 Å². The van der Waals surface area contributed by atoms with Gasteiger partial charge >= 0.3 is 0 Å². The normalized spacial score (nSPS) is 10.3. The maximum atomic E-state index is 10.5. The van der Waals surface area contributed by atoms with Crippen molar-refractivity contribution in [2.45, 2.75) is 118 Å². The van der Waals surface area contributed by atoms with E-state index in [1.54, 1.807) is 6.92 Å². The maximum absolute atomic E-state index is 10.5. The van der Waals surface area contributed by atoms with Crippen molar-refractivity contribution in [3.05, 3.63) is 103 Å². The van der Waals surface area contributed by atoms with Gasteiger partial charge in [-0.15, -0.1) is 6.58 Å². The van der Waals surface area contributed by atoms with E-state index in [2.05, 4.69) is 125 Å². The average Bonchev–Trinajstić information content (AvgIpc) is 3.02. The Hall–Kier alpha value is -2.02. The van der Waals surface area contributed by atoms with Crippen molar-refractivity contribution in [3.8, 4) is 0 Å². The van der Waals surface area contributed by atoms with E-state index < -0.39 is 7.26 Å². The number of rotatable bonds is 17. The SMILES string of the molecule is C=C(C)CCCCCCCC.CCCCCCCCC(C)=O.C[P+](c1ccccc1)(c1ccccc1)c1ccccc1.[Br-]. The smallest absolute Gasteiger partial charge is 0.129 e. The zero-order valence-electron chi connectivity index (χ0n) is 28.0. The zero-order chi connectivity index (χ0) is 30.9. The van der Waals surface area contributed by atoms with Crippen molar-refractivity contribution in [1.29, 1.82) is 0 Å². The van der Waals surface area contributed by atoms with Crippen LogP contribution in [0, 0.1) is 0 Å². The van der Waals surface area contributed by atoms with Crippen LogP contribution in [0.2, 0.25) is 0 Å². The van der Waals surface area contributed by atoms with Crippen LogP contribution in [0.5, 0.6) is 0 Å². The molecule has 0 aliphatic heterocycles. The van der Waals surface area contributed by atoms with Gasteiger partial charge in [0.2, 0.25) is 0 Å². The molecule has 3 heteroatoms. The number of allylic oxidation sites excluding steroid dienone is 1. The van der Waals surface area contributed by atoms with Crippen LogP contribution in [0.1, 0.15) is 118 Å². The number of unbranched alkanes of at least 4 members (excludes halogenated alkanes) is 10. The second-order valence-corrected chi connectivity index (χ2v) is 15.3. The van der Waals surface area contributed by atoms with E-state index in [-0.39, 0.29) is 17.0 Å². The van der Waals surface area contributed by atoms with Crippen LogP contribution in [0.25, 0.3) is 0 Å². The van der Waals surface area contributed by atoms with E-state index >= 15 is 0 Å². The first-order chi connectivity index (χ1) is 20.4. The van der Waals surface area contributed by atoms with Crippen molar-refractivity contribution in [3.63, 3.8) is 0 Å². The minimum Gasteiger partial charge on any atom is -1.00 e. The van der Waals surface area contributed by atoms with E-state index in [1.165, 1.54) is 98.5 Å². The molecule has 0 bridgehead atoms. The molecule has 1 nitrogen and oxygen atoms in total. The topological polar surface area (TPSA) is 17.1 Å². The Labute approximate surface area is 277 Å². The molecule has 238 valence electrons. The summed E-state index contributed by atoms with van der Waals surface area (Å²) in [6, 6.07) is 32.6. The largest absolute Gasteiger partial charge is 1.00 e. The third-order valence-corrected chi connectivity index (χ3v) is 11.7. The summed E-state index contributed by atoms with van der Waals surface area (Å²) in [5.41, 5.74) is 1.33. The van der Waals surface area contributed by atoms with Gasteiger partial charge in [0.15, 0.2) is 0 Å². The summed E-state index contributed by atoms with van der Waals surface area (Å²) in [6.45, 7) is 14.6. The standard InChI is InChI=1S/C19H18P.C11H22.C10H20O.BrH/c1-20(17-11-5-2-6-12-17,18-13-7-3-8-14-18)19-15-9-4-10-16-19;1-4-5-6-7-8-9-10-11(2)3;1-3-4-5-6-7-8-9-10(2)11;/h2-16H,1H3;2,4-10H2,1,3H3;3-9H2,1-2H3;1H/q+1;;;/p-1. The fourth-order valence-corrected chi connectivity index (χ4v) is 8.19. The van der Waals surface area contributed by atoms with Crippen molar-refractivity contribution >= 4 is 29.0 Å². The molecule has 0 unspecified atom stereocenters. The number of hydrogen-bond donors (Lipinski definition) is 0. The first-order valence-corrected chi connectivity index (χ1v) is 18.8. The molecule has 3 aromatic rings. The van der Waals surface area contributed by atoms with Gasteiger partial charge in [-0.3, -0.25) is 0 Å². The van der Waals surface area contributed by atoms with Crippen LogP contribution >= 0.6 is 7.26 Å². The van der Waals surface area contributed by atoms with Crippen LogP contribution < -0.4 is 32.9 Å². The minimum absolute atomic E-state index is 0. The van der Waals surface area contributed by atoms with Gasteiger partial charge in [0.25, 0.3) is 0 Å². The lowest BCUT2D eigenvalue weighted by Crippen LogP contribution is -3.00. The molecular weight excluding hydrogens is 607 g/mol. The molecule has 0 N–H and O–H groups in total. The molecule has 0 saturated carbocycles. The molecule has 3 aromatic carbocycles. The molecule has 0 aliphatic rings. The summed E-state index contributed by atoms with van der Waals surface area (Å²) in [7, 11) is -1.53. The Balaban J connectivity index is 0.000000664. The molecule has 0 radical (unpaired) electrons. The van der Waals surface area contributed by atoms with Crippen molar-refractivity contribution in [1.82, 2.24) is 0 Å². The lowest BCUT2D eigenvalue weighted by Gasteiger charge is -2.22. The van der Waals surface area contributed by atoms with Crippen LogP contribution in [0.15, 0.2) is 103 Å². The molecule has 0 saturated heterocycles. The third-order valence-electron chi connectivity index (χ3n) is 7.66. The monoisotopic (exact) mass is 666 g/mol.